The number of aromatic nitrogens is 2. The van der Waals surface area contributed by atoms with Crippen LogP contribution in [0.3, 0.4) is 0 Å². The highest BCUT2D eigenvalue weighted by Crippen LogP contribution is 2.24. The first-order valence-electron chi connectivity index (χ1n) is 8.71. The molecule has 0 radical (unpaired) electrons. The van der Waals surface area contributed by atoms with Crippen LogP contribution in [0.1, 0.15) is 30.0 Å². The zero-order valence-corrected chi connectivity index (χ0v) is 16.3. The summed E-state index contributed by atoms with van der Waals surface area (Å²) in [5, 5.41) is 11.0. The smallest absolute Gasteiger partial charge is 0.277 e. The van der Waals surface area contributed by atoms with E-state index in [0.717, 1.165) is 22.9 Å². The Morgan fingerprint density at radius 2 is 1.96 bits per heavy atom. The Bertz CT molecular complexity index is 930. The van der Waals surface area contributed by atoms with E-state index in [0.29, 0.717) is 12.3 Å². The molecular weight excluding hydrogens is 381 g/mol. The third-order valence-corrected chi connectivity index (χ3v) is 4.78. The quantitative estimate of drug-likeness (QED) is 0.574. The van der Waals surface area contributed by atoms with Crippen LogP contribution >= 0.6 is 11.8 Å². The van der Waals surface area contributed by atoms with Gasteiger partial charge in [-0.2, -0.15) is 0 Å². The molecule has 0 unspecified atom stereocenters. The maximum atomic E-state index is 12.9. The maximum absolute atomic E-state index is 12.9. The highest BCUT2D eigenvalue weighted by Gasteiger charge is 2.17. The Morgan fingerprint density at radius 3 is 2.71 bits per heavy atom. The predicted molar refractivity (Wildman–Crippen MR) is 103 cm³/mol. The molecule has 0 fully saturated rings. The molecule has 0 aliphatic heterocycles. The van der Waals surface area contributed by atoms with Crippen LogP contribution in [0.2, 0.25) is 0 Å². The van der Waals surface area contributed by atoms with Gasteiger partial charge < -0.3 is 14.5 Å². The van der Waals surface area contributed by atoms with E-state index < -0.39 is 6.10 Å². The van der Waals surface area contributed by atoms with Gasteiger partial charge in [0.05, 0.1) is 5.75 Å². The summed E-state index contributed by atoms with van der Waals surface area (Å²) in [6.07, 6.45) is -0.498. The van der Waals surface area contributed by atoms with Gasteiger partial charge in [0, 0.05) is 6.54 Å². The van der Waals surface area contributed by atoms with E-state index in [2.05, 4.69) is 15.5 Å². The summed E-state index contributed by atoms with van der Waals surface area (Å²) in [7, 11) is 0. The third-order valence-electron chi connectivity index (χ3n) is 3.96. The first kappa shape index (κ1) is 19.9. The SMILES string of the molecule is Cc1ccccc1CNC(=O)CSc1nnc([C@@H](C)Oc2ccc(F)cc2)o1. The van der Waals surface area contributed by atoms with Crippen molar-refractivity contribution in [3.63, 3.8) is 0 Å². The summed E-state index contributed by atoms with van der Waals surface area (Å²) in [5.41, 5.74) is 2.21. The Kier molecular flexibility index (Phi) is 6.65. The molecule has 6 nitrogen and oxygen atoms in total. The number of thioether (sulfide) groups is 1. The van der Waals surface area contributed by atoms with Crippen LogP contribution < -0.4 is 10.1 Å². The lowest BCUT2D eigenvalue weighted by Gasteiger charge is -2.10. The number of nitrogens with one attached hydrogen (secondary N) is 1. The molecule has 3 aromatic rings. The van der Waals surface area contributed by atoms with Crippen molar-refractivity contribution in [3.05, 3.63) is 71.4 Å². The van der Waals surface area contributed by atoms with E-state index >= 15 is 0 Å². The van der Waals surface area contributed by atoms with Crippen molar-refractivity contribution in [2.75, 3.05) is 5.75 Å². The van der Waals surface area contributed by atoms with Crippen LogP contribution in [-0.2, 0) is 11.3 Å². The number of aryl methyl sites for hydroxylation is 1. The van der Waals surface area contributed by atoms with Crippen LogP contribution in [0, 0.1) is 12.7 Å². The van der Waals surface area contributed by atoms with Crippen molar-refractivity contribution in [2.24, 2.45) is 0 Å². The van der Waals surface area contributed by atoms with Crippen LogP contribution in [0.25, 0.3) is 0 Å². The third kappa shape index (κ3) is 5.56. The van der Waals surface area contributed by atoms with Crippen molar-refractivity contribution in [2.45, 2.75) is 31.7 Å². The lowest BCUT2D eigenvalue weighted by atomic mass is 10.1. The van der Waals surface area contributed by atoms with Gasteiger partial charge in [-0.25, -0.2) is 4.39 Å². The summed E-state index contributed by atoms with van der Waals surface area (Å²) in [4.78, 5) is 12.0. The number of rotatable bonds is 8. The number of carbonyl (C=O) groups is 1. The second-order valence-electron chi connectivity index (χ2n) is 6.11. The standard InChI is InChI=1S/C20H20FN3O3S/c1-13-5-3-4-6-15(13)11-22-18(25)12-28-20-24-23-19(27-20)14(2)26-17-9-7-16(21)8-10-17/h3-10,14H,11-12H2,1-2H3,(H,22,25)/t14-/m1/s1. The van der Waals surface area contributed by atoms with Crippen LogP contribution in [0.4, 0.5) is 4.39 Å². The Morgan fingerprint density at radius 1 is 1.21 bits per heavy atom. The molecule has 2 aromatic carbocycles. The largest absolute Gasteiger partial charge is 0.481 e. The Balaban J connectivity index is 1.46. The van der Waals surface area contributed by atoms with Gasteiger partial charge in [-0.3, -0.25) is 4.79 Å². The van der Waals surface area contributed by atoms with Crippen LogP contribution in [0.5, 0.6) is 5.75 Å². The van der Waals surface area contributed by atoms with Gasteiger partial charge in [0.1, 0.15) is 11.6 Å². The van der Waals surface area contributed by atoms with Crippen LogP contribution in [-0.4, -0.2) is 21.9 Å². The first-order valence-corrected chi connectivity index (χ1v) is 9.69. The van der Waals surface area contributed by atoms with Crippen molar-refractivity contribution < 1.29 is 18.3 Å². The molecule has 8 heteroatoms. The lowest BCUT2D eigenvalue weighted by molar-refractivity contribution is -0.118. The molecule has 0 spiro atoms. The number of halogens is 1. The number of hydrogen-bond acceptors (Lipinski definition) is 6. The Hall–Kier alpha value is -2.87. The summed E-state index contributed by atoms with van der Waals surface area (Å²) >= 11 is 1.16. The van der Waals surface area contributed by atoms with Gasteiger partial charge in [0.2, 0.25) is 5.91 Å². The molecule has 1 amide bonds. The maximum Gasteiger partial charge on any atom is 0.277 e. The first-order chi connectivity index (χ1) is 13.5. The molecule has 0 saturated carbocycles. The summed E-state index contributed by atoms with van der Waals surface area (Å²) in [6.45, 7) is 4.23. The lowest BCUT2D eigenvalue weighted by Crippen LogP contribution is -2.24. The summed E-state index contributed by atoms with van der Waals surface area (Å²) in [6, 6.07) is 13.6. The van der Waals surface area contributed by atoms with Gasteiger partial charge in [-0.05, 0) is 49.2 Å². The number of benzene rings is 2. The molecule has 1 N–H and O–H groups in total. The van der Waals surface area contributed by atoms with E-state index in [4.69, 9.17) is 9.15 Å². The minimum Gasteiger partial charge on any atom is -0.481 e. The van der Waals surface area contributed by atoms with E-state index in [9.17, 15) is 9.18 Å². The minimum absolute atomic E-state index is 0.122. The number of carbonyl (C=O) groups excluding carboxylic acids is 1. The summed E-state index contributed by atoms with van der Waals surface area (Å²) < 4.78 is 24.1. The topological polar surface area (TPSA) is 77.2 Å². The van der Waals surface area contributed by atoms with Crippen molar-refractivity contribution in [1.82, 2.24) is 15.5 Å². The number of hydrogen-bond donors (Lipinski definition) is 1. The molecule has 0 aliphatic rings. The average Bonchev–Trinajstić information content (AvgIpc) is 3.17. The molecule has 0 aliphatic carbocycles. The van der Waals surface area contributed by atoms with E-state index in [1.165, 1.54) is 24.3 Å². The number of nitrogens with zero attached hydrogens (tertiary/aromatic N) is 2. The van der Waals surface area contributed by atoms with Gasteiger partial charge in [0.15, 0.2) is 6.10 Å². The minimum atomic E-state index is -0.498. The van der Waals surface area contributed by atoms with Crippen molar-refractivity contribution >= 4 is 17.7 Å². The molecule has 3 rings (SSSR count). The highest BCUT2D eigenvalue weighted by molar-refractivity contribution is 7.99. The molecule has 1 heterocycles. The van der Waals surface area contributed by atoms with Gasteiger partial charge in [-0.15, -0.1) is 10.2 Å². The van der Waals surface area contributed by atoms with Gasteiger partial charge in [-0.1, -0.05) is 36.0 Å². The molecule has 0 saturated heterocycles. The second kappa shape index (κ2) is 9.36. The fourth-order valence-electron chi connectivity index (χ4n) is 2.39. The molecule has 1 aromatic heterocycles. The van der Waals surface area contributed by atoms with E-state index in [1.807, 2.05) is 31.2 Å². The van der Waals surface area contributed by atoms with Crippen LogP contribution in [0.15, 0.2) is 58.2 Å². The summed E-state index contributed by atoms with van der Waals surface area (Å²) in [5.74, 6) is 0.491. The Labute approximate surface area is 166 Å². The zero-order valence-electron chi connectivity index (χ0n) is 15.5. The van der Waals surface area contributed by atoms with Crippen molar-refractivity contribution in [1.29, 1.82) is 0 Å². The molecular formula is C20H20FN3O3S. The molecule has 28 heavy (non-hydrogen) atoms. The monoisotopic (exact) mass is 401 g/mol. The van der Waals surface area contributed by atoms with Gasteiger partial charge in [0.25, 0.3) is 11.1 Å². The van der Waals surface area contributed by atoms with Crippen molar-refractivity contribution in [3.8, 4) is 5.75 Å². The van der Waals surface area contributed by atoms with E-state index in [-0.39, 0.29) is 28.6 Å². The zero-order chi connectivity index (χ0) is 19.9. The molecule has 1 atom stereocenters. The fourth-order valence-corrected chi connectivity index (χ4v) is 2.99. The number of ether oxygens (including phenoxy) is 1. The number of amides is 1. The highest BCUT2D eigenvalue weighted by atomic mass is 32.2. The normalized spacial score (nSPS) is 11.8. The average molecular weight is 401 g/mol. The second-order valence-corrected chi connectivity index (χ2v) is 7.04. The van der Waals surface area contributed by atoms with E-state index in [1.54, 1.807) is 6.92 Å². The predicted octanol–water partition coefficient (Wildman–Crippen LogP) is 4.07. The molecule has 146 valence electrons. The van der Waals surface area contributed by atoms with Gasteiger partial charge >= 0.3 is 0 Å². The fraction of sp³-hybridized carbons (Fsp3) is 0.250. The molecule has 0 bridgehead atoms.